The molecular formula is C20H22N6O2. The van der Waals surface area contributed by atoms with Gasteiger partial charge in [-0.05, 0) is 38.5 Å². The number of H-pyrrole nitrogens is 1. The van der Waals surface area contributed by atoms with Crippen LogP contribution in [0, 0.1) is 6.92 Å². The van der Waals surface area contributed by atoms with Gasteiger partial charge >= 0.3 is 0 Å². The number of aryl methyl sites for hydroxylation is 1. The number of aromatic amines is 1. The first-order chi connectivity index (χ1) is 13.5. The van der Waals surface area contributed by atoms with Gasteiger partial charge in [0.05, 0.1) is 5.69 Å². The molecule has 0 spiro atoms. The van der Waals surface area contributed by atoms with E-state index in [9.17, 15) is 9.59 Å². The predicted molar refractivity (Wildman–Crippen MR) is 104 cm³/mol. The van der Waals surface area contributed by atoms with Gasteiger partial charge in [-0.2, -0.15) is 5.10 Å². The first-order valence-electron chi connectivity index (χ1n) is 9.33. The minimum Gasteiger partial charge on any atom is -0.340 e. The van der Waals surface area contributed by atoms with Crippen LogP contribution in [0.1, 0.15) is 36.8 Å². The number of carbonyl (C=O) groups excluding carboxylic acids is 1. The zero-order chi connectivity index (χ0) is 19.7. The van der Waals surface area contributed by atoms with Crippen molar-refractivity contribution in [3.8, 4) is 11.3 Å². The van der Waals surface area contributed by atoms with Gasteiger partial charge in [0.1, 0.15) is 11.9 Å². The largest absolute Gasteiger partial charge is 0.340 e. The van der Waals surface area contributed by atoms with E-state index >= 15 is 0 Å². The van der Waals surface area contributed by atoms with Crippen LogP contribution in [0.3, 0.4) is 0 Å². The topological polar surface area (TPSA) is 96.8 Å². The van der Waals surface area contributed by atoms with Crippen LogP contribution in [0.25, 0.3) is 11.3 Å². The number of hydrogen-bond donors (Lipinski definition) is 1. The van der Waals surface area contributed by atoms with E-state index in [-0.39, 0.29) is 23.4 Å². The van der Waals surface area contributed by atoms with Crippen molar-refractivity contribution in [2.24, 2.45) is 0 Å². The summed E-state index contributed by atoms with van der Waals surface area (Å²) in [6.07, 6.45) is 5.81. The summed E-state index contributed by atoms with van der Waals surface area (Å²) in [5, 5.41) is 4.25. The maximum absolute atomic E-state index is 12.9. The number of nitrogens with zero attached hydrogens (tertiary/aromatic N) is 5. The first kappa shape index (κ1) is 18.1. The Labute approximate surface area is 162 Å². The number of aromatic nitrogens is 5. The van der Waals surface area contributed by atoms with E-state index < -0.39 is 0 Å². The zero-order valence-electron chi connectivity index (χ0n) is 15.9. The Morgan fingerprint density at radius 3 is 2.75 bits per heavy atom. The van der Waals surface area contributed by atoms with Gasteiger partial charge in [0, 0.05) is 54.9 Å². The number of hydrogen-bond acceptors (Lipinski definition) is 5. The van der Waals surface area contributed by atoms with Crippen molar-refractivity contribution >= 4 is 5.91 Å². The van der Waals surface area contributed by atoms with Gasteiger partial charge in [0.25, 0.3) is 5.56 Å². The number of carbonyl (C=O) groups is 1. The first-order valence-corrected chi connectivity index (χ1v) is 9.33. The maximum Gasteiger partial charge on any atom is 0.251 e. The highest BCUT2D eigenvalue weighted by molar-refractivity contribution is 5.80. The number of nitrogens with one attached hydrogen (secondary N) is 1. The van der Waals surface area contributed by atoms with Crippen molar-refractivity contribution in [2.75, 3.05) is 13.1 Å². The van der Waals surface area contributed by atoms with Crippen LogP contribution in [0.5, 0.6) is 0 Å². The molecule has 0 saturated carbocycles. The third kappa shape index (κ3) is 3.45. The van der Waals surface area contributed by atoms with Crippen LogP contribution in [-0.2, 0) is 4.79 Å². The van der Waals surface area contributed by atoms with Gasteiger partial charge in [0.15, 0.2) is 0 Å². The molecule has 8 nitrogen and oxygen atoms in total. The van der Waals surface area contributed by atoms with Crippen molar-refractivity contribution in [1.29, 1.82) is 0 Å². The molecule has 1 aliphatic heterocycles. The molecule has 3 aromatic rings. The van der Waals surface area contributed by atoms with Crippen molar-refractivity contribution in [1.82, 2.24) is 29.6 Å². The molecule has 2 unspecified atom stereocenters. The van der Waals surface area contributed by atoms with Gasteiger partial charge in [-0.3, -0.25) is 19.3 Å². The number of likely N-dealkylation sites (tertiary alicyclic amines) is 1. The molecule has 2 atom stereocenters. The van der Waals surface area contributed by atoms with Gasteiger partial charge in [-0.15, -0.1) is 0 Å². The summed E-state index contributed by atoms with van der Waals surface area (Å²) in [4.78, 5) is 38.4. The van der Waals surface area contributed by atoms with Crippen molar-refractivity contribution in [3.63, 3.8) is 0 Å². The number of amides is 1. The van der Waals surface area contributed by atoms with Crippen LogP contribution in [0.4, 0.5) is 0 Å². The van der Waals surface area contributed by atoms with Gasteiger partial charge in [-0.1, -0.05) is 0 Å². The molecule has 4 heterocycles. The van der Waals surface area contributed by atoms with E-state index in [0.29, 0.717) is 24.6 Å². The second-order valence-corrected chi connectivity index (χ2v) is 7.11. The zero-order valence-corrected chi connectivity index (χ0v) is 15.9. The normalized spacial score (nSPS) is 17.6. The lowest BCUT2D eigenvalue weighted by Gasteiger charge is -2.22. The van der Waals surface area contributed by atoms with E-state index in [1.807, 2.05) is 36.9 Å². The fraction of sp³-hybridized carbons (Fsp3) is 0.350. The van der Waals surface area contributed by atoms with Gasteiger partial charge in [-0.25, -0.2) is 4.98 Å². The van der Waals surface area contributed by atoms with Crippen molar-refractivity contribution < 1.29 is 4.79 Å². The molecule has 0 bridgehead atoms. The van der Waals surface area contributed by atoms with E-state index in [4.69, 9.17) is 0 Å². The fourth-order valence-corrected chi connectivity index (χ4v) is 3.68. The average Bonchev–Trinajstić information content (AvgIpc) is 3.36. The van der Waals surface area contributed by atoms with Crippen LogP contribution in [0.15, 0.2) is 47.7 Å². The molecule has 1 N–H and O–H groups in total. The van der Waals surface area contributed by atoms with E-state index in [0.717, 1.165) is 17.7 Å². The van der Waals surface area contributed by atoms with Crippen LogP contribution >= 0.6 is 0 Å². The van der Waals surface area contributed by atoms with E-state index in [1.165, 1.54) is 6.07 Å². The Kier molecular flexibility index (Phi) is 4.77. The second kappa shape index (κ2) is 7.38. The Morgan fingerprint density at radius 1 is 1.25 bits per heavy atom. The molecule has 0 radical (unpaired) electrons. The summed E-state index contributed by atoms with van der Waals surface area (Å²) in [7, 11) is 0. The molecule has 3 aromatic heterocycles. The predicted octanol–water partition coefficient (Wildman–Crippen LogP) is 1.91. The Balaban J connectivity index is 1.53. The van der Waals surface area contributed by atoms with Crippen molar-refractivity contribution in [3.05, 3.63) is 64.7 Å². The third-order valence-electron chi connectivity index (χ3n) is 5.22. The van der Waals surface area contributed by atoms with Crippen LogP contribution < -0.4 is 5.56 Å². The molecule has 144 valence electrons. The Morgan fingerprint density at radius 2 is 2.04 bits per heavy atom. The molecule has 4 rings (SSSR count). The molecule has 8 heteroatoms. The lowest BCUT2D eigenvalue weighted by atomic mass is 10.1. The molecule has 1 saturated heterocycles. The van der Waals surface area contributed by atoms with Gasteiger partial charge in [0.2, 0.25) is 5.91 Å². The fourth-order valence-electron chi connectivity index (χ4n) is 3.68. The lowest BCUT2D eigenvalue weighted by Crippen LogP contribution is -2.35. The van der Waals surface area contributed by atoms with Crippen LogP contribution in [0.2, 0.25) is 0 Å². The standard InChI is InChI=1S/C20H22N6O2/c1-13-3-9-22-26(13)14(2)20(28)25-10-6-16(12-25)19-23-17(11-18(27)24-19)15-4-7-21-8-5-15/h3-5,7-9,11,14,16H,6,10,12H2,1-2H3,(H,23,24,27). The summed E-state index contributed by atoms with van der Waals surface area (Å²) >= 11 is 0. The monoisotopic (exact) mass is 378 g/mol. The van der Waals surface area contributed by atoms with Gasteiger partial charge < -0.3 is 9.88 Å². The molecule has 1 amide bonds. The molecule has 0 aromatic carbocycles. The maximum atomic E-state index is 12.9. The number of rotatable bonds is 4. The van der Waals surface area contributed by atoms with Crippen molar-refractivity contribution in [2.45, 2.75) is 32.2 Å². The third-order valence-corrected chi connectivity index (χ3v) is 5.22. The Bertz CT molecular complexity index is 1040. The minimum atomic E-state index is -0.357. The summed E-state index contributed by atoms with van der Waals surface area (Å²) in [5.74, 6) is 0.656. The lowest BCUT2D eigenvalue weighted by molar-refractivity contribution is -0.133. The molecule has 28 heavy (non-hydrogen) atoms. The highest BCUT2D eigenvalue weighted by atomic mass is 16.2. The smallest absolute Gasteiger partial charge is 0.251 e. The summed E-state index contributed by atoms with van der Waals surface area (Å²) in [6.45, 7) is 4.96. The average molecular weight is 378 g/mol. The highest BCUT2D eigenvalue weighted by Crippen LogP contribution is 2.27. The van der Waals surface area contributed by atoms with E-state index in [2.05, 4.69) is 20.1 Å². The summed E-state index contributed by atoms with van der Waals surface area (Å²) < 4.78 is 1.74. The van der Waals surface area contributed by atoms with E-state index in [1.54, 1.807) is 23.3 Å². The highest BCUT2D eigenvalue weighted by Gasteiger charge is 2.32. The molecular weight excluding hydrogens is 356 g/mol. The SMILES string of the molecule is Cc1ccnn1C(C)C(=O)N1CCC(c2nc(-c3ccncc3)cc(=O)[nH]2)C1. The summed E-state index contributed by atoms with van der Waals surface area (Å²) in [5.41, 5.74) is 2.22. The minimum absolute atomic E-state index is 0.00403. The molecule has 1 fully saturated rings. The second-order valence-electron chi connectivity index (χ2n) is 7.11. The quantitative estimate of drug-likeness (QED) is 0.748. The Hall–Kier alpha value is -3.29. The summed E-state index contributed by atoms with van der Waals surface area (Å²) in [6, 6.07) is 6.66. The molecule has 0 aliphatic carbocycles. The van der Waals surface area contributed by atoms with Crippen LogP contribution in [-0.4, -0.2) is 48.6 Å². The molecule has 1 aliphatic rings. The number of pyridine rings is 1.